The third-order valence-electron chi connectivity index (χ3n) is 3.90. The summed E-state index contributed by atoms with van der Waals surface area (Å²) in [6.45, 7) is 1.40. The first-order chi connectivity index (χ1) is 11.6. The number of carbonyl (C=O) groups excluding carboxylic acids is 1. The van der Waals surface area contributed by atoms with Gasteiger partial charge < -0.3 is 24.2 Å². The summed E-state index contributed by atoms with van der Waals surface area (Å²) in [7, 11) is 0. The maximum absolute atomic E-state index is 12.1. The second-order valence-corrected chi connectivity index (χ2v) is 5.40. The van der Waals surface area contributed by atoms with Crippen molar-refractivity contribution in [3.8, 4) is 11.4 Å². The number of amides is 2. The number of aromatic nitrogens is 2. The summed E-state index contributed by atoms with van der Waals surface area (Å²) in [6, 6.07) is 7.36. The second kappa shape index (κ2) is 7.03. The van der Waals surface area contributed by atoms with Crippen molar-refractivity contribution < 1.29 is 19.4 Å². The van der Waals surface area contributed by atoms with Crippen molar-refractivity contribution in [2.24, 2.45) is 0 Å². The normalized spacial score (nSPS) is 14.5. The van der Waals surface area contributed by atoms with Crippen LogP contribution in [0.3, 0.4) is 0 Å². The Morgan fingerprint density at radius 3 is 2.33 bits per heavy atom. The van der Waals surface area contributed by atoms with Crippen LogP contribution in [-0.2, 0) is 4.79 Å². The van der Waals surface area contributed by atoms with Crippen LogP contribution in [0.5, 0.6) is 5.75 Å². The molecule has 1 aromatic heterocycles. The summed E-state index contributed by atoms with van der Waals surface area (Å²) in [5.74, 6) is 0.468. The van der Waals surface area contributed by atoms with Crippen molar-refractivity contribution in [3.63, 3.8) is 0 Å². The van der Waals surface area contributed by atoms with Gasteiger partial charge in [0.25, 0.3) is 5.91 Å². The molecule has 8 nitrogen and oxygen atoms in total. The average Bonchev–Trinajstić information content (AvgIpc) is 3.15. The van der Waals surface area contributed by atoms with E-state index in [9.17, 15) is 9.59 Å². The molecule has 24 heavy (non-hydrogen) atoms. The molecule has 0 saturated carbocycles. The molecule has 2 aromatic rings. The van der Waals surface area contributed by atoms with E-state index < -0.39 is 6.09 Å². The zero-order valence-electron chi connectivity index (χ0n) is 13.0. The Balaban J connectivity index is 1.49. The van der Waals surface area contributed by atoms with Gasteiger partial charge in [-0.1, -0.05) is 0 Å². The van der Waals surface area contributed by atoms with Crippen LogP contribution in [0.2, 0.25) is 0 Å². The van der Waals surface area contributed by atoms with Gasteiger partial charge in [-0.2, -0.15) is 0 Å². The highest BCUT2D eigenvalue weighted by molar-refractivity contribution is 5.78. The molecule has 0 radical (unpaired) electrons. The Bertz CT molecular complexity index is 691. The molecule has 0 spiro atoms. The summed E-state index contributed by atoms with van der Waals surface area (Å²) in [6.07, 6.45) is 4.30. The first-order valence-electron chi connectivity index (χ1n) is 7.60. The predicted molar refractivity (Wildman–Crippen MR) is 85.2 cm³/mol. The van der Waals surface area contributed by atoms with Gasteiger partial charge in [0.05, 0.1) is 6.33 Å². The minimum Gasteiger partial charge on any atom is -0.484 e. The maximum Gasteiger partial charge on any atom is 0.407 e. The van der Waals surface area contributed by atoms with E-state index in [0.29, 0.717) is 31.9 Å². The second-order valence-electron chi connectivity index (χ2n) is 5.40. The smallest absolute Gasteiger partial charge is 0.407 e. The molecule has 1 fully saturated rings. The van der Waals surface area contributed by atoms with Crippen molar-refractivity contribution in [2.75, 3.05) is 32.8 Å². The number of rotatable bonds is 4. The number of imidazole rings is 1. The van der Waals surface area contributed by atoms with E-state index in [1.54, 1.807) is 29.6 Å². The van der Waals surface area contributed by atoms with Crippen LogP contribution in [0, 0.1) is 0 Å². The van der Waals surface area contributed by atoms with Crippen LogP contribution in [0.4, 0.5) is 4.79 Å². The van der Waals surface area contributed by atoms with E-state index in [1.165, 1.54) is 4.90 Å². The van der Waals surface area contributed by atoms with Crippen LogP contribution in [0.25, 0.3) is 5.69 Å². The van der Waals surface area contributed by atoms with Crippen LogP contribution in [-0.4, -0.2) is 69.2 Å². The molecule has 1 aromatic carbocycles. The number of nitrogens with zero attached hydrogens (tertiary/aromatic N) is 4. The van der Waals surface area contributed by atoms with E-state index in [1.807, 2.05) is 22.9 Å². The van der Waals surface area contributed by atoms with E-state index in [2.05, 4.69) is 4.98 Å². The predicted octanol–water partition coefficient (Wildman–Crippen LogP) is 1.07. The highest BCUT2D eigenvalue weighted by Crippen LogP contribution is 2.15. The molecule has 1 saturated heterocycles. The molecule has 2 heterocycles. The quantitative estimate of drug-likeness (QED) is 0.906. The molecule has 126 valence electrons. The molecular formula is C16H18N4O4. The lowest BCUT2D eigenvalue weighted by molar-refractivity contribution is -0.134. The maximum atomic E-state index is 12.1. The summed E-state index contributed by atoms with van der Waals surface area (Å²) >= 11 is 0. The Morgan fingerprint density at radius 2 is 1.75 bits per heavy atom. The average molecular weight is 330 g/mol. The zero-order chi connectivity index (χ0) is 16.9. The largest absolute Gasteiger partial charge is 0.484 e. The highest BCUT2D eigenvalue weighted by Gasteiger charge is 2.23. The Labute approximate surface area is 138 Å². The topological polar surface area (TPSA) is 87.9 Å². The number of benzene rings is 1. The molecule has 1 aliphatic heterocycles. The van der Waals surface area contributed by atoms with Gasteiger partial charge in [0.2, 0.25) is 0 Å². The summed E-state index contributed by atoms with van der Waals surface area (Å²) in [5, 5.41) is 8.90. The minimum absolute atomic E-state index is 0.0580. The molecule has 0 bridgehead atoms. The zero-order valence-corrected chi connectivity index (χ0v) is 13.0. The third-order valence-corrected chi connectivity index (χ3v) is 3.90. The molecule has 0 unspecified atom stereocenters. The number of carboxylic acid groups (broad SMARTS) is 1. The van der Waals surface area contributed by atoms with Crippen molar-refractivity contribution >= 4 is 12.0 Å². The van der Waals surface area contributed by atoms with Crippen molar-refractivity contribution in [1.29, 1.82) is 0 Å². The SMILES string of the molecule is O=C(O)N1CCN(C(=O)COc2ccc(-n3ccnc3)cc2)CC1. The van der Waals surface area contributed by atoms with E-state index >= 15 is 0 Å². The van der Waals surface area contributed by atoms with E-state index in [-0.39, 0.29) is 12.5 Å². The number of ether oxygens (including phenoxy) is 1. The van der Waals surface area contributed by atoms with Crippen LogP contribution >= 0.6 is 0 Å². The molecule has 3 rings (SSSR count). The van der Waals surface area contributed by atoms with Gasteiger partial charge >= 0.3 is 6.09 Å². The fraction of sp³-hybridized carbons (Fsp3) is 0.312. The lowest BCUT2D eigenvalue weighted by Crippen LogP contribution is -2.51. The van der Waals surface area contributed by atoms with Crippen LogP contribution in [0.1, 0.15) is 0 Å². The number of hydrogen-bond donors (Lipinski definition) is 1. The van der Waals surface area contributed by atoms with Gasteiger partial charge in [-0.3, -0.25) is 4.79 Å². The molecule has 1 N–H and O–H groups in total. The van der Waals surface area contributed by atoms with Gasteiger partial charge in [-0.15, -0.1) is 0 Å². The lowest BCUT2D eigenvalue weighted by atomic mass is 10.3. The summed E-state index contributed by atoms with van der Waals surface area (Å²) < 4.78 is 7.39. The Morgan fingerprint density at radius 1 is 1.08 bits per heavy atom. The monoisotopic (exact) mass is 330 g/mol. The third kappa shape index (κ3) is 3.65. The molecular weight excluding hydrogens is 312 g/mol. The molecule has 0 atom stereocenters. The van der Waals surface area contributed by atoms with Gasteiger partial charge in [0, 0.05) is 44.3 Å². The fourth-order valence-electron chi connectivity index (χ4n) is 2.51. The highest BCUT2D eigenvalue weighted by atomic mass is 16.5. The van der Waals surface area contributed by atoms with Crippen LogP contribution in [0.15, 0.2) is 43.0 Å². The number of carbonyl (C=O) groups is 2. The standard InChI is InChI=1S/C16H18N4O4/c21-15(18-7-9-19(10-8-18)16(22)23)11-24-14-3-1-13(2-4-14)20-6-5-17-12-20/h1-6,12H,7-11H2,(H,22,23). The first-order valence-corrected chi connectivity index (χ1v) is 7.60. The minimum atomic E-state index is -0.948. The summed E-state index contributed by atoms with van der Waals surface area (Å²) in [5.41, 5.74) is 0.955. The van der Waals surface area contributed by atoms with Crippen molar-refractivity contribution in [3.05, 3.63) is 43.0 Å². The van der Waals surface area contributed by atoms with Crippen molar-refractivity contribution in [2.45, 2.75) is 0 Å². The molecule has 2 amide bonds. The Kier molecular flexibility index (Phi) is 4.64. The number of hydrogen-bond acceptors (Lipinski definition) is 4. The molecule has 8 heteroatoms. The van der Waals surface area contributed by atoms with Gasteiger partial charge in [-0.25, -0.2) is 9.78 Å². The van der Waals surface area contributed by atoms with Crippen LogP contribution < -0.4 is 4.74 Å². The van der Waals surface area contributed by atoms with Gasteiger partial charge in [0.15, 0.2) is 6.61 Å². The van der Waals surface area contributed by atoms with E-state index in [4.69, 9.17) is 9.84 Å². The molecule has 0 aliphatic carbocycles. The van der Waals surface area contributed by atoms with E-state index in [0.717, 1.165) is 5.69 Å². The fourth-order valence-corrected chi connectivity index (χ4v) is 2.51. The van der Waals surface area contributed by atoms with Gasteiger partial charge in [-0.05, 0) is 24.3 Å². The van der Waals surface area contributed by atoms with Crippen molar-refractivity contribution in [1.82, 2.24) is 19.4 Å². The molecule has 1 aliphatic rings. The number of piperazine rings is 1. The van der Waals surface area contributed by atoms with Gasteiger partial charge in [0.1, 0.15) is 5.75 Å². The lowest BCUT2D eigenvalue weighted by Gasteiger charge is -2.33. The Hall–Kier alpha value is -3.03. The summed E-state index contributed by atoms with van der Waals surface area (Å²) in [4.78, 5) is 29.9. The first kappa shape index (κ1) is 15.9.